The lowest BCUT2D eigenvalue weighted by atomic mass is 9.72. The van der Waals surface area contributed by atoms with Crippen molar-refractivity contribution in [1.82, 2.24) is 14.8 Å². The molecule has 0 aliphatic heterocycles. The first kappa shape index (κ1) is 28.2. The molecule has 0 saturated heterocycles. The van der Waals surface area contributed by atoms with Gasteiger partial charge < -0.3 is 10.1 Å². The molecular weight excluding hydrogens is 538 g/mol. The topological polar surface area (TPSA) is 92.8 Å². The molecule has 10 heteroatoms. The lowest BCUT2D eigenvalue weighted by Gasteiger charge is -2.33. The van der Waals surface area contributed by atoms with Crippen LogP contribution in [0.5, 0.6) is 5.75 Å². The van der Waals surface area contributed by atoms with Gasteiger partial charge in [-0.15, -0.1) is 28.1 Å². The number of anilines is 1. The van der Waals surface area contributed by atoms with Gasteiger partial charge in [-0.2, -0.15) is 5.26 Å². The van der Waals surface area contributed by atoms with Gasteiger partial charge in [0, 0.05) is 16.4 Å². The van der Waals surface area contributed by atoms with Crippen LogP contribution in [0.3, 0.4) is 0 Å². The highest BCUT2D eigenvalue weighted by Crippen LogP contribution is 2.44. The highest BCUT2D eigenvalue weighted by Gasteiger charge is 2.32. The average Bonchev–Trinajstić information content (AvgIpc) is 3.41. The molecule has 0 spiro atoms. The van der Waals surface area contributed by atoms with Crippen molar-refractivity contribution in [3.05, 3.63) is 63.3 Å². The third-order valence-electron chi connectivity index (χ3n) is 6.79. The molecule has 0 radical (unpaired) electrons. The van der Waals surface area contributed by atoms with Gasteiger partial charge in [-0.3, -0.25) is 9.36 Å². The second-order valence-electron chi connectivity index (χ2n) is 10.5. The molecule has 3 aromatic rings. The third kappa shape index (κ3) is 6.42. The monoisotopic (exact) mass is 569 g/mol. The van der Waals surface area contributed by atoms with Crippen molar-refractivity contribution < 1.29 is 9.53 Å². The molecule has 1 aromatic carbocycles. The molecule has 4 rings (SSSR count). The lowest BCUT2D eigenvalue weighted by Crippen LogP contribution is -2.26. The van der Waals surface area contributed by atoms with E-state index in [1.165, 1.54) is 16.6 Å². The van der Waals surface area contributed by atoms with Crippen molar-refractivity contribution in [3.63, 3.8) is 0 Å². The fourth-order valence-electron chi connectivity index (χ4n) is 4.59. The zero-order valence-corrected chi connectivity index (χ0v) is 24.5. The smallest absolute Gasteiger partial charge is 0.235 e. The van der Waals surface area contributed by atoms with Gasteiger partial charge in [-0.1, -0.05) is 50.2 Å². The predicted molar refractivity (Wildman–Crippen MR) is 154 cm³/mol. The summed E-state index contributed by atoms with van der Waals surface area (Å²) in [6.45, 7) is 13.3. The minimum absolute atomic E-state index is 0.143. The molecule has 0 fully saturated rings. The first-order valence-corrected chi connectivity index (χ1v) is 14.7. The Morgan fingerprint density at radius 3 is 2.89 bits per heavy atom. The summed E-state index contributed by atoms with van der Waals surface area (Å²) in [5.74, 6) is 1.88. The number of ether oxygens (including phenoxy) is 1. The molecular formula is C28H32ClN5O2S2. The van der Waals surface area contributed by atoms with E-state index in [2.05, 4.69) is 48.9 Å². The standard InChI is InChI=1S/C28H32ClN5O2S2/c1-6-11-34-24(15-36-22-10-8-19(29)12-17(22)2)32-33-27(34)37-16-25(35)31-26-21(14-30)20-9-7-18(28(3,4)5)13-23(20)38-26/h6,8,10,12,18H,1,7,9,11,13,15-16H2,2-5H3,(H,31,35). The van der Waals surface area contributed by atoms with Crippen LogP contribution in [0.4, 0.5) is 5.00 Å². The number of rotatable bonds is 9. The normalized spacial score (nSPS) is 15.0. The molecule has 0 saturated carbocycles. The van der Waals surface area contributed by atoms with Crippen LogP contribution < -0.4 is 10.1 Å². The molecule has 1 aliphatic carbocycles. The summed E-state index contributed by atoms with van der Waals surface area (Å²) < 4.78 is 7.82. The maximum Gasteiger partial charge on any atom is 0.235 e. The number of benzene rings is 1. The number of amides is 1. The number of nitrogens with one attached hydrogen (secondary N) is 1. The van der Waals surface area contributed by atoms with Crippen LogP contribution in [0.2, 0.25) is 5.02 Å². The van der Waals surface area contributed by atoms with Crippen LogP contribution >= 0.6 is 34.7 Å². The van der Waals surface area contributed by atoms with Gasteiger partial charge in [0.1, 0.15) is 23.4 Å². The van der Waals surface area contributed by atoms with E-state index in [0.717, 1.165) is 36.1 Å². The summed E-state index contributed by atoms with van der Waals surface area (Å²) >= 11 is 8.87. The number of nitrogens with zero attached hydrogens (tertiary/aromatic N) is 4. The minimum Gasteiger partial charge on any atom is -0.485 e. The molecule has 1 N–H and O–H groups in total. The maximum absolute atomic E-state index is 12.9. The summed E-state index contributed by atoms with van der Waals surface area (Å²) in [7, 11) is 0. The SMILES string of the molecule is C=CCn1c(COc2ccc(Cl)cc2C)nnc1SCC(=O)Nc1sc2c(c1C#N)CCC(C(C)(C)C)C2. The number of aryl methyl sites for hydroxylation is 1. The zero-order chi connectivity index (χ0) is 27.4. The number of hydrogen-bond donors (Lipinski definition) is 1. The summed E-state index contributed by atoms with van der Waals surface area (Å²) in [5, 5.41) is 23.3. The lowest BCUT2D eigenvalue weighted by molar-refractivity contribution is -0.113. The Bertz CT molecular complexity index is 1380. The van der Waals surface area contributed by atoms with E-state index in [1.807, 2.05) is 23.6 Å². The van der Waals surface area contributed by atoms with Crippen LogP contribution in [-0.4, -0.2) is 26.4 Å². The molecule has 38 heavy (non-hydrogen) atoms. The van der Waals surface area contributed by atoms with E-state index in [9.17, 15) is 10.1 Å². The molecule has 200 valence electrons. The Balaban J connectivity index is 1.41. The van der Waals surface area contributed by atoms with Gasteiger partial charge in [-0.05, 0) is 66.8 Å². The molecule has 2 aromatic heterocycles. The van der Waals surface area contributed by atoms with E-state index in [-0.39, 0.29) is 23.7 Å². The molecule has 1 unspecified atom stereocenters. The van der Waals surface area contributed by atoms with Crippen molar-refractivity contribution in [2.24, 2.45) is 11.3 Å². The average molecular weight is 570 g/mol. The number of hydrogen-bond acceptors (Lipinski definition) is 7. The minimum atomic E-state index is -0.180. The number of carbonyl (C=O) groups is 1. The molecule has 7 nitrogen and oxygen atoms in total. The fourth-order valence-corrected chi connectivity index (χ4v) is 6.87. The number of thiophene rings is 1. The van der Waals surface area contributed by atoms with Gasteiger partial charge in [-0.25, -0.2) is 0 Å². The van der Waals surface area contributed by atoms with Crippen LogP contribution in [0.25, 0.3) is 0 Å². The molecule has 1 aliphatic rings. The largest absolute Gasteiger partial charge is 0.485 e. The Morgan fingerprint density at radius 1 is 1.42 bits per heavy atom. The van der Waals surface area contributed by atoms with E-state index in [4.69, 9.17) is 16.3 Å². The van der Waals surface area contributed by atoms with E-state index < -0.39 is 0 Å². The predicted octanol–water partition coefficient (Wildman–Crippen LogP) is 6.82. The second kappa shape index (κ2) is 11.9. The second-order valence-corrected chi connectivity index (χ2v) is 12.9. The maximum atomic E-state index is 12.9. The number of halogens is 1. The van der Waals surface area contributed by atoms with Crippen LogP contribution in [0.15, 0.2) is 36.0 Å². The van der Waals surface area contributed by atoms with Crippen molar-refractivity contribution in [2.75, 3.05) is 11.1 Å². The third-order valence-corrected chi connectivity index (χ3v) is 9.16. The first-order chi connectivity index (χ1) is 18.1. The van der Waals surface area contributed by atoms with Gasteiger partial charge >= 0.3 is 0 Å². The van der Waals surface area contributed by atoms with Crippen molar-refractivity contribution in [3.8, 4) is 11.8 Å². The van der Waals surface area contributed by atoms with Crippen LogP contribution in [-0.2, 0) is 30.8 Å². The number of aromatic nitrogens is 3. The Morgan fingerprint density at radius 2 is 2.21 bits per heavy atom. The van der Waals surface area contributed by atoms with Crippen molar-refractivity contribution >= 4 is 45.6 Å². The first-order valence-electron chi connectivity index (χ1n) is 12.5. The number of fused-ring (bicyclic) bond motifs is 1. The van der Waals surface area contributed by atoms with Crippen LogP contribution in [0, 0.1) is 29.6 Å². The number of carbonyl (C=O) groups excluding carboxylic acids is 1. The van der Waals surface area contributed by atoms with E-state index in [1.54, 1.807) is 23.5 Å². The van der Waals surface area contributed by atoms with Gasteiger partial charge in [0.05, 0.1) is 11.3 Å². The number of allylic oxidation sites excluding steroid dienone is 1. The van der Waals surface area contributed by atoms with Crippen molar-refractivity contribution in [1.29, 1.82) is 5.26 Å². The summed E-state index contributed by atoms with van der Waals surface area (Å²) in [5.41, 5.74) is 2.86. The van der Waals surface area contributed by atoms with Gasteiger partial charge in [0.2, 0.25) is 5.91 Å². The van der Waals surface area contributed by atoms with Crippen molar-refractivity contribution in [2.45, 2.75) is 65.3 Å². The van der Waals surface area contributed by atoms with Gasteiger partial charge in [0.25, 0.3) is 0 Å². The highest BCUT2D eigenvalue weighted by molar-refractivity contribution is 7.99. The zero-order valence-electron chi connectivity index (χ0n) is 22.1. The Labute approximate surface area is 237 Å². The molecule has 1 atom stereocenters. The van der Waals surface area contributed by atoms with Gasteiger partial charge in [0.15, 0.2) is 11.0 Å². The number of nitriles is 1. The molecule has 0 bridgehead atoms. The highest BCUT2D eigenvalue weighted by atomic mass is 35.5. The van der Waals surface area contributed by atoms with E-state index >= 15 is 0 Å². The quantitative estimate of drug-likeness (QED) is 0.224. The van der Waals surface area contributed by atoms with E-state index in [0.29, 0.717) is 39.0 Å². The Hall–Kier alpha value is -2.80. The Kier molecular flexibility index (Phi) is 8.86. The fraction of sp³-hybridized carbons (Fsp3) is 0.429. The van der Waals surface area contributed by atoms with Crippen LogP contribution in [0.1, 0.15) is 54.6 Å². The summed E-state index contributed by atoms with van der Waals surface area (Å²) in [6, 6.07) is 7.78. The molecule has 1 amide bonds. The summed E-state index contributed by atoms with van der Waals surface area (Å²) in [6.07, 6.45) is 4.65. The number of thioether (sulfide) groups is 1. The summed E-state index contributed by atoms with van der Waals surface area (Å²) in [4.78, 5) is 14.1. The molecule has 2 heterocycles.